The zero-order valence-corrected chi connectivity index (χ0v) is 19.0. The summed E-state index contributed by atoms with van der Waals surface area (Å²) in [5.41, 5.74) is 1.69. The third kappa shape index (κ3) is 4.71. The monoisotopic (exact) mass is 491 g/mol. The van der Waals surface area contributed by atoms with Gasteiger partial charge in [0.1, 0.15) is 0 Å². The highest BCUT2D eigenvalue weighted by Gasteiger charge is 2.44. The Morgan fingerprint density at radius 1 is 1.23 bits per heavy atom. The molecule has 7 heteroatoms. The second-order valence-corrected chi connectivity index (χ2v) is 10.8. The Hall–Kier alpha value is -0.830. The summed E-state index contributed by atoms with van der Waals surface area (Å²) < 4.78 is 23.7. The van der Waals surface area contributed by atoms with E-state index in [1.807, 2.05) is 0 Å². The molecule has 2 aliphatic rings. The molecule has 1 aliphatic heterocycles. The van der Waals surface area contributed by atoms with E-state index in [4.69, 9.17) is 0 Å². The minimum absolute atomic E-state index is 0. The van der Waals surface area contributed by atoms with Crippen LogP contribution in [0.3, 0.4) is 0 Å². The highest BCUT2D eigenvalue weighted by molar-refractivity contribution is 14.0. The Balaban J connectivity index is 0.00000243. The zero-order valence-electron chi connectivity index (χ0n) is 15.9. The predicted molar refractivity (Wildman–Crippen MR) is 118 cm³/mol. The molecule has 0 radical (unpaired) electrons. The van der Waals surface area contributed by atoms with Crippen molar-refractivity contribution in [2.24, 2.45) is 10.4 Å². The number of halogens is 1. The Morgan fingerprint density at radius 2 is 1.88 bits per heavy atom. The molecule has 0 aromatic heterocycles. The van der Waals surface area contributed by atoms with Gasteiger partial charge in [-0.25, -0.2) is 8.42 Å². The van der Waals surface area contributed by atoms with Crippen LogP contribution in [0.5, 0.6) is 0 Å². The van der Waals surface area contributed by atoms with Gasteiger partial charge in [0.05, 0.1) is 10.5 Å². The van der Waals surface area contributed by atoms with Crippen molar-refractivity contribution >= 4 is 39.8 Å². The van der Waals surface area contributed by atoms with Crippen LogP contribution >= 0.6 is 24.0 Å². The molecule has 0 atom stereocenters. The summed E-state index contributed by atoms with van der Waals surface area (Å²) in [5, 5.41) is 3.51. The molecular formula is C19H30IN3O2S. The van der Waals surface area contributed by atoms with Gasteiger partial charge in [-0.05, 0) is 44.1 Å². The summed E-state index contributed by atoms with van der Waals surface area (Å²) in [6, 6.07) is 10.6. The van der Waals surface area contributed by atoms with E-state index in [0.29, 0.717) is 18.5 Å². The molecule has 1 N–H and O–H groups in total. The van der Waals surface area contributed by atoms with Gasteiger partial charge in [-0.1, -0.05) is 30.3 Å². The molecule has 0 bridgehead atoms. The van der Waals surface area contributed by atoms with Crippen LogP contribution in [0, 0.1) is 5.41 Å². The van der Waals surface area contributed by atoms with Gasteiger partial charge >= 0.3 is 0 Å². The smallest absolute Gasteiger partial charge is 0.193 e. The quantitative estimate of drug-likeness (QED) is 0.400. The van der Waals surface area contributed by atoms with Gasteiger partial charge in [-0.2, -0.15) is 0 Å². The summed E-state index contributed by atoms with van der Waals surface area (Å²) >= 11 is 0. The van der Waals surface area contributed by atoms with Crippen LogP contribution in [0.2, 0.25) is 0 Å². The number of guanidine groups is 1. The third-order valence-corrected chi connectivity index (χ3v) is 8.09. The van der Waals surface area contributed by atoms with Gasteiger partial charge in [0, 0.05) is 26.7 Å². The fourth-order valence-electron chi connectivity index (χ4n) is 3.55. The molecule has 2 fully saturated rings. The summed E-state index contributed by atoms with van der Waals surface area (Å²) in [6.45, 7) is 5.50. The molecule has 5 nitrogen and oxygen atoms in total. The van der Waals surface area contributed by atoms with Crippen molar-refractivity contribution in [1.82, 2.24) is 10.2 Å². The van der Waals surface area contributed by atoms with Crippen LogP contribution in [-0.4, -0.2) is 56.5 Å². The molecule has 1 aliphatic carbocycles. The Morgan fingerprint density at radius 3 is 2.42 bits per heavy atom. The van der Waals surface area contributed by atoms with Crippen molar-refractivity contribution in [3.63, 3.8) is 0 Å². The van der Waals surface area contributed by atoms with Crippen LogP contribution in [-0.2, 0) is 16.3 Å². The first-order valence-corrected chi connectivity index (χ1v) is 10.6. The average Bonchev–Trinajstić information content (AvgIpc) is 3.32. The fraction of sp³-hybridized carbons (Fsp3) is 0.632. The first-order chi connectivity index (χ1) is 11.8. The lowest BCUT2D eigenvalue weighted by Crippen LogP contribution is -2.57. The lowest BCUT2D eigenvalue weighted by Gasteiger charge is -2.39. The van der Waals surface area contributed by atoms with Crippen LogP contribution in [0.1, 0.15) is 32.3 Å². The van der Waals surface area contributed by atoms with E-state index in [1.54, 1.807) is 20.9 Å². The van der Waals surface area contributed by atoms with Crippen molar-refractivity contribution in [1.29, 1.82) is 0 Å². The molecular weight excluding hydrogens is 461 g/mol. The molecule has 1 saturated heterocycles. The highest BCUT2D eigenvalue weighted by atomic mass is 127. The van der Waals surface area contributed by atoms with Gasteiger partial charge < -0.3 is 10.2 Å². The fourth-order valence-corrected chi connectivity index (χ4v) is 4.91. The number of aliphatic imine (C=N–C) groups is 1. The Kier molecular flexibility index (Phi) is 6.64. The molecule has 0 unspecified atom stereocenters. The molecule has 26 heavy (non-hydrogen) atoms. The van der Waals surface area contributed by atoms with Crippen molar-refractivity contribution in [3.8, 4) is 0 Å². The number of sulfone groups is 1. The third-order valence-electron chi connectivity index (χ3n) is 5.56. The average molecular weight is 491 g/mol. The van der Waals surface area contributed by atoms with Gasteiger partial charge in [-0.15, -0.1) is 24.0 Å². The van der Waals surface area contributed by atoms with E-state index in [-0.39, 0.29) is 29.7 Å². The predicted octanol–water partition coefficient (Wildman–Crippen LogP) is 2.71. The molecule has 0 amide bonds. The van der Waals surface area contributed by atoms with Crippen LogP contribution in [0.15, 0.2) is 35.3 Å². The van der Waals surface area contributed by atoms with Crippen molar-refractivity contribution in [2.45, 2.75) is 37.9 Å². The minimum Gasteiger partial charge on any atom is -0.356 e. The maximum atomic E-state index is 12.2. The van der Waals surface area contributed by atoms with Gasteiger partial charge in [0.2, 0.25) is 0 Å². The lowest BCUT2D eigenvalue weighted by atomic mass is 9.96. The Labute approximate surface area is 174 Å². The second-order valence-electron chi connectivity index (χ2n) is 8.06. The molecule has 0 spiro atoms. The molecule has 1 aromatic carbocycles. The number of hydrogen-bond donors (Lipinski definition) is 1. The molecule has 1 heterocycles. The summed E-state index contributed by atoms with van der Waals surface area (Å²) in [4.78, 5) is 6.48. The van der Waals surface area contributed by atoms with E-state index in [9.17, 15) is 8.42 Å². The summed E-state index contributed by atoms with van der Waals surface area (Å²) in [5.74, 6) is 1.01. The number of rotatable bonds is 4. The SMILES string of the molecule is CN=C(NCC1(Cc2ccccc2)CC1)N1CCS(=O)(=O)C(C)(C)C1.I. The van der Waals surface area contributed by atoms with Crippen LogP contribution < -0.4 is 5.32 Å². The first kappa shape index (κ1) is 21.5. The summed E-state index contributed by atoms with van der Waals surface area (Å²) in [6.07, 6.45) is 3.54. The maximum absolute atomic E-state index is 12.2. The van der Waals surface area contributed by atoms with E-state index >= 15 is 0 Å². The van der Waals surface area contributed by atoms with E-state index in [1.165, 1.54) is 18.4 Å². The van der Waals surface area contributed by atoms with Crippen LogP contribution in [0.4, 0.5) is 0 Å². The minimum atomic E-state index is -3.03. The summed E-state index contributed by atoms with van der Waals surface area (Å²) in [7, 11) is -1.26. The maximum Gasteiger partial charge on any atom is 0.193 e. The van der Waals surface area contributed by atoms with Crippen molar-refractivity contribution in [3.05, 3.63) is 35.9 Å². The molecule has 1 aromatic rings. The number of nitrogens with zero attached hydrogens (tertiary/aromatic N) is 2. The molecule has 3 rings (SSSR count). The topological polar surface area (TPSA) is 61.8 Å². The largest absolute Gasteiger partial charge is 0.356 e. The zero-order chi connectivity index (χ0) is 18.1. The van der Waals surface area contributed by atoms with E-state index in [2.05, 4.69) is 45.5 Å². The van der Waals surface area contributed by atoms with Crippen molar-refractivity contribution < 1.29 is 8.42 Å². The van der Waals surface area contributed by atoms with Crippen molar-refractivity contribution in [2.75, 3.05) is 32.4 Å². The first-order valence-electron chi connectivity index (χ1n) is 8.99. The highest BCUT2D eigenvalue weighted by Crippen LogP contribution is 2.47. The molecule has 146 valence electrons. The Bertz CT molecular complexity index is 743. The number of benzene rings is 1. The van der Waals surface area contributed by atoms with E-state index in [0.717, 1.165) is 18.9 Å². The normalized spacial score (nSPS) is 23.0. The van der Waals surface area contributed by atoms with Crippen LogP contribution in [0.25, 0.3) is 0 Å². The van der Waals surface area contributed by atoms with Gasteiger partial charge in [-0.3, -0.25) is 4.99 Å². The second kappa shape index (κ2) is 8.04. The lowest BCUT2D eigenvalue weighted by molar-refractivity contribution is 0.348. The van der Waals surface area contributed by atoms with Gasteiger partial charge in [0.15, 0.2) is 15.8 Å². The number of nitrogens with one attached hydrogen (secondary N) is 1. The van der Waals surface area contributed by atoms with Gasteiger partial charge in [0.25, 0.3) is 0 Å². The molecule has 1 saturated carbocycles. The standard InChI is InChI=1S/C19H29N3O2S.HI/c1-18(2)15-22(11-12-25(18,23)24)17(20-3)21-14-19(9-10-19)13-16-7-5-4-6-8-16;/h4-8H,9-15H2,1-3H3,(H,20,21);1H. The van der Waals surface area contributed by atoms with E-state index < -0.39 is 14.6 Å². The number of hydrogen-bond acceptors (Lipinski definition) is 3.